The summed E-state index contributed by atoms with van der Waals surface area (Å²) in [7, 11) is 1.97. The maximum absolute atomic E-state index is 13.4. The maximum atomic E-state index is 13.4. The molecular weight excluding hydrogens is 482 g/mol. The first-order valence-corrected chi connectivity index (χ1v) is 15.1. The Morgan fingerprint density at radius 3 is 2.71 bits per heavy atom. The normalized spacial score (nSPS) is 46.5. The highest BCUT2D eigenvalue weighted by Crippen LogP contribution is 2.70. The number of cyclic esters (lactones) is 1. The van der Waals surface area contributed by atoms with Crippen LogP contribution in [0.3, 0.4) is 0 Å². The Labute approximate surface area is 227 Å². The van der Waals surface area contributed by atoms with Crippen molar-refractivity contribution in [2.75, 3.05) is 39.9 Å². The van der Waals surface area contributed by atoms with Gasteiger partial charge in [-0.3, -0.25) is 0 Å². The highest BCUT2D eigenvalue weighted by atomic mass is 16.5. The van der Waals surface area contributed by atoms with Crippen LogP contribution in [0.15, 0.2) is 11.6 Å². The summed E-state index contributed by atoms with van der Waals surface area (Å²) < 4.78 is 5.27. The first-order valence-electron chi connectivity index (χ1n) is 15.1. The van der Waals surface area contributed by atoms with Crippen LogP contribution in [0.1, 0.15) is 71.6 Å². The number of carbonyl (C=O) groups excluding carboxylic acids is 2. The summed E-state index contributed by atoms with van der Waals surface area (Å²) in [6, 6.07) is 0.303. The Kier molecular flexibility index (Phi) is 6.63. The minimum Gasteiger partial charge on any atom is -0.458 e. The van der Waals surface area contributed by atoms with E-state index in [-0.39, 0.29) is 47.4 Å². The van der Waals surface area contributed by atoms with Gasteiger partial charge in [0.05, 0.1) is 12.2 Å². The molecule has 5 fully saturated rings. The largest absolute Gasteiger partial charge is 0.458 e. The van der Waals surface area contributed by atoms with Crippen molar-refractivity contribution in [1.29, 1.82) is 0 Å². The van der Waals surface area contributed by atoms with Crippen LogP contribution in [0, 0.1) is 34.5 Å². The molecule has 212 valence electrons. The van der Waals surface area contributed by atoms with Crippen LogP contribution in [0.2, 0.25) is 0 Å². The van der Waals surface area contributed by atoms with Gasteiger partial charge in [-0.15, -0.1) is 0 Å². The molecule has 0 aromatic carbocycles. The smallest absolute Gasteiger partial charge is 0.331 e. The van der Waals surface area contributed by atoms with Crippen LogP contribution in [0.25, 0.3) is 0 Å². The van der Waals surface area contributed by atoms with Crippen molar-refractivity contribution in [1.82, 2.24) is 15.1 Å². The number of piperazine rings is 1. The summed E-state index contributed by atoms with van der Waals surface area (Å²) in [5.41, 5.74) is 0.406. The number of nitrogens with one attached hydrogen (secondary N) is 1. The molecule has 3 N–H and O–H groups in total. The quantitative estimate of drug-likeness (QED) is 0.486. The second-order valence-corrected chi connectivity index (χ2v) is 13.9. The molecule has 4 saturated carbocycles. The predicted molar refractivity (Wildman–Crippen MR) is 143 cm³/mol. The molecule has 1 saturated heterocycles. The van der Waals surface area contributed by atoms with E-state index in [0.29, 0.717) is 37.5 Å². The highest BCUT2D eigenvalue weighted by Gasteiger charge is 2.67. The van der Waals surface area contributed by atoms with E-state index in [9.17, 15) is 19.8 Å². The molecule has 8 nitrogen and oxygen atoms in total. The fourth-order valence-corrected chi connectivity index (χ4v) is 10.2. The zero-order chi connectivity index (χ0) is 26.9. The van der Waals surface area contributed by atoms with E-state index in [1.165, 1.54) is 0 Å². The molecule has 0 radical (unpaired) electrons. The average Bonchev–Trinajstić information content (AvgIpc) is 3.47. The number of hydrogen-bond donors (Lipinski definition) is 3. The van der Waals surface area contributed by atoms with Crippen LogP contribution in [0.5, 0.6) is 0 Å². The summed E-state index contributed by atoms with van der Waals surface area (Å²) >= 11 is 0. The molecule has 4 aliphatic carbocycles. The number of amides is 2. The number of urea groups is 1. The lowest BCUT2D eigenvalue weighted by molar-refractivity contribution is -0.206. The van der Waals surface area contributed by atoms with E-state index in [1.54, 1.807) is 6.08 Å². The zero-order valence-corrected chi connectivity index (χ0v) is 23.5. The van der Waals surface area contributed by atoms with Gasteiger partial charge in [-0.1, -0.05) is 13.8 Å². The summed E-state index contributed by atoms with van der Waals surface area (Å²) in [6.07, 6.45) is 10.9. The lowest BCUT2D eigenvalue weighted by atomic mass is 9.43. The fraction of sp³-hybridized carbons (Fsp3) is 0.867. The summed E-state index contributed by atoms with van der Waals surface area (Å²) in [4.78, 5) is 29.1. The van der Waals surface area contributed by atoms with Crippen LogP contribution in [0.4, 0.5) is 4.79 Å². The number of ether oxygens (including phenoxy) is 1. The van der Waals surface area contributed by atoms with Crippen molar-refractivity contribution < 1.29 is 24.5 Å². The molecule has 0 aromatic heterocycles. The molecule has 8 heteroatoms. The van der Waals surface area contributed by atoms with Gasteiger partial charge in [0.1, 0.15) is 6.61 Å². The van der Waals surface area contributed by atoms with E-state index in [0.717, 1.165) is 69.9 Å². The Morgan fingerprint density at radius 2 is 1.97 bits per heavy atom. The van der Waals surface area contributed by atoms with Gasteiger partial charge in [0.2, 0.25) is 0 Å². The molecule has 0 spiro atoms. The molecule has 2 amide bonds. The van der Waals surface area contributed by atoms with Crippen LogP contribution >= 0.6 is 0 Å². The van der Waals surface area contributed by atoms with Crippen LogP contribution < -0.4 is 5.32 Å². The van der Waals surface area contributed by atoms with Gasteiger partial charge in [-0.05, 0) is 92.4 Å². The third-order valence-electron chi connectivity index (χ3n) is 12.6. The Hall–Kier alpha value is -1.64. The average molecular weight is 530 g/mol. The summed E-state index contributed by atoms with van der Waals surface area (Å²) in [6.45, 7) is 7.19. The Balaban J connectivity index is 1.16. The molecule has 9 atom stereocenters. The number of carbonyl (C=O) groups is 2. The van der Waals surface area contributed by atoms with Gasteiger partial charge in [-0.25, -0.2) is 9.59 Å². The molecule has 38 heavy (non-hydrogen) atoms. The SMILES string of the molecule is CN(C(=O)N1CCNC(CO)C1)[C@H]1CC[C@@]2(C)[C@H](CC[C@@H]3[C@@H]2CC[C@]2(C)[C@@H](C4=CC(=O)OC4)CC[C@]32O)C1. The van der Waals surface area contributed by atoms with Gasteiger partial charge in [0, 0.05) is 50.3 Å². The van der Waals surface area contributed by atoms with E-state index >= 15 is 0 Å². The van der Waals surface area contributed by atoms with Crippen molar-refractivity contribution in [3.05, 3.63) is 11.6 Å². The minimum atomic E-state index is -0.684. The van der Waals surface area contributed by atoms with E-state index in [4.69, 9.17) is 4.74 Å². The number of hydrogen-bond acceptors (Lipinski definition) is 6. The van der Waals surface area contributed by atoms with Gasteiger partial charge in [0.15, 0.2) is 0 Å². The Bertz CT molecular complexity index is 1000. The molecule has 0 aromatic rings. The molecule has 2 heterocycles. The number of aliphatic hydroxyl groups is 2. The molecule has 0 bridgehead atoms. The van der Waals surface area contributed by atoms with Crippen LogP contribution in [-0.2, 0) is 9.53 Å². The molecule has 1 unspecified atom stereocenters. The van der Waals surface area contributed by atoms with Crippen molar-refractivity contribution >= 4 is 12.0 Å². The monoisotopic (exact) mass is 529 g/mol. The zero-order valence-electron chi connectivity index (χ0n) is 23.5. The highest BCUT2D eigenvalue weighted by molar-refractivity contribution is 5.85. The molecular formula is C30H47N3O5. The summed E-state index contributed by atoms with van der Waals surface area (Å²) in [5, 5.41) is 25.3. The molecule has 2 aliphatic heterocycles. The van der Waals surface area contributed by atoms with Gasteiger partial charge >= 0.3 is 12.0 Å². The number of esters is 1. The third kappa shape index (κ3) is 3.87. The fourth-order valence-electron chi connectivity index (χ4n) is 10.2. The van der Waals surface area contributed by atoms with Gasteiger partial charge in [-0.2, -0.15) is 0 Å². The lowest BCUT2D eigenvalue weighted by Gasteiger charge is -2.64. The van der Waals surface area contributed by atoms with Gasteiger partial charge in [0.25, 0.3) is 0 Å². The standard InChI is InChI=1S/C30H47N3O5/c1-28-9-6-22(32(3)27(36)33-13-12-31-21(16-33)17-34)15-20(28)4-5-25-24(28)7-10-29(2)23(8-11-30(25,29)37)19-14-26(35)38-18-19/h14,20-25,31,34,37H,4-13,15-18H2,1-3H3/t20-,21?,22+,23-,24+,25-,28+,29-,30+/m1/s1. The number of fused-ring (bicyclic) bond motifs is 5. The second-order valence-electron chi connectivity index (χ2n) is 13.9. The van der Waals surface area contributed by atoms with Crippen LogP contribution in [-0.4, -0.2) is 89.6 Å². The minimum absolute atomic E-state index is 0.0398. The topological polar surface area (TPSA) is 102 Å². The number of aliphatic hydroxyl groups excluding tert-OH is 1. The lowest BCUT2D eigenvalue weighted by Crippen LogP contribution is -2.63. The number of nitrogens with zero attached hydrogens (tertiary/aromatic N) is 2. The van der Waals surface area contributed by atoms with E-state index < -0.39 is 5.60 Å². The molecule has 6 rings (SSSR count). The van der Waals surface area contributed by atoms with Gasteiger partial charge < -0.3 is 30.1 Å². The second kappa shape index (κ2) is 9.48. The number of rotatable bonds is 3. The van der Waals surface area contributed by atoms with Crippen molar-refractivity contribution in [2.24, 2.45) is 34.5 Å². The predicted octanol–water partition coefficient (Wildman–Crippen LogP) is 2.93. The first-order chi connectivity index (χ1) is 18.1. The maximum Gasteiger partial charge on any atom is 0.331 e. The van der Waals surface area contributed by atoms with Crippen molar-refractivity contribution in [3.8, 4) is 0 Å². The third-order valence-corrected chi connectivity index (χ3v) is 12.6. The van der Waals surface area contributed by atoms with Crippen molar-refractivity contribution in [3.63, 3.8) is 0 Å². The van der Waals surface area contributed by atoms with Crippen molar-refractivity contribution in [2.45, 2.75) is 89.3 Å². The summed E-state index contributed by atoms with van der Waals surface area (Å²) in [5.74, 6) is 1.38. The Morgan fingerprint density at radius 1 is 1.16 bits per heavy atom. The van der Waals surface area contributed by atoms with E-state index in [2.05, 4.69) is 19.2 Å². The molecule has 6 aliphatic rings. The van der Waals surface area contributed by atoms with E-state index in [1.807, 2.05) is 16.8 Å². The first kappa shape index (κ1) is 26.6.